The smallest absolute Gasteiger partial charge is 0.0372 e. The van der Waals surface area contributed by atoms with Crippen molar-refractivity contribution in [1.82, 2.24) is 0 Å². The van der Waals surface area contributed by atoms with Gasteiger partial charge in [-0.1, -0.05) is 17.7 Å². The summed E-state index contributed by atoms with van der Waals surface area (Å²) < 4.78 is 0. The molecule has 0 spiro atoms. The lowest BCUT2D eigenvalue weighted by molar-refractivity contribution is 0.00752. The van der Waals surface area contributed by atoms with Gasteiger partial charge in [0.2, 0.25) is 0 Å². The lowest BCUT2D eigenvalue weighted by atomic mass is 9.54. The van der Waals surface area contributed by atoms with E-state index in [4.69, 9.17) is 0 Å². The second-order valence-corrected chi connectivity index (χ2v) is 7.42. The van der Waals surface area contributed by atoms with Crippen LogP contribution in [0.1, 0.15) is 43.2 Å². The molecule has 0 radical (unpaired) electrons. The Labute approximate surface area is 116 Å². The quantitative estimate of drug-likeness (QED) is 0.818. The molecule has 1 N–H and O–H groups in total. The van der Waals surface area contributed by atoms with Crippen LogP contribution >= 0.6 is 0 Å². The Morgan fingerprint density at radius 1 is 0.895 bits per heavy atom. The molecule has 0 saturated heterocycles. The number of hydrogen-bond acceptors (Lipinski definition) is 1. The molecule has 19 heavy (non-hydrogen) atoms. The van der Waals surface area contributed by atoms with E-state index < -0.39 is 0 Å². The van der Waals surface area contributed by atoms with Crippen molar-refractivity contribution in [2.75, 3.05) is 5.32 Å². The average Bonchev–Trinajstić information content (AvgIpc) is 2.35. The van der Waals surface area contributed by atoms with Gasteiger partial charge in [0.1, 0.15) is 0 Å². The maximum atomic E-state index is 3.92. The van der Waals surface area contributed by atoms with E-state index in [-0.39, 0.29) is 0 Å². The first-order valence-corrected chi connectivity index (χ1v) is 8.03. The summed E-state index contributed by atoms with van der Waals surface area (Å²) in [5, 5.41) is 3.92. The number of rotatable bonds is 2. The molecule has 0 aliphatic heterocycles. The SMILES string of the molecule is Cc1ccc(NC2C3CC4CC(C3)CC2C4)c(C)c1. The standard InChI is InChI=1S/C18H25N/c1-11-3-4-17(12(2)5-11)19-18-15-7-13-6-14(9-15)10-16(18)8-13/h3-5,13-16,18-19H,6-10H2,1-2H3. The normalized spacial score (nSPS) is 39.6. The molecule has 0 heterocycles. The summed E-state index contributed by atoms with van der Waals surface area (Å²) in [6.45, 7) is 4.42. The van der Waals surface area contributed by atoms with E-state index in [0.29, 0.717) is 0 Å². The molecule has 1 heteroatoms. The van der Waals surface area contributed by atoms with Gasteiger partial charge in [-0.3, -0.25) is 0 Å². The minimum atomic E-state index is 0.759. The van der Waals surface area contributed by atoms with E-state index in [9.17, 15) is 0 Å². The van der Waals surface area contributed by atoms with Gasteiger partial charge in [-0.25, -0.2) is 0 Å². The third kappa shape index (κ3) is 1.98. The maximum absolute atomic E-state index is 3.92. The Balaban J connectivity index is 1.56. The highest BCUT2D eigenvalue weighted by Crippen LogP contribution is 2.54. The second kappa shape index (κ2) is 4.26. The summed E-state index contributed by atoms with van der Waals surface area (Å²) in [5.41, 5.74) is 4.16. The molecule has 1 nitrogen and oxygen atoms in total. The van der Waals surface area contributed by atoms with Gasteiger partial charge in [0.25, 0.3) is 0 Å². The van der Waals surface area contributed by atoms with E-state index in [2.05, 4.69) is 37.4 Å². The topological polar surface area (TPSA) is 12.0 Å². The summed E-state index contributed by atoms with van der Waals surface area (Å²) in [6.07, 6.45) is 7.53. The number of hydrogen-bond donors (Lipinski definition) is 1. The number of anilines is 1. The van der Waals surface area contributed by atoms with Gasteiger partial charge in [-0.15, -0.1) is 0 Å². The third-order valence-corrected chi connectivity index (χ3v) is 5.93. The first-order chi connectivity index (χ1) is 9.19. The molecule has 4 aliphatic rings. The highest BCUT2D eigenvalue weighted by molar-refractivity contribution is 5.53. The molecule has 4 bridgehead atoms. The van der Waals surface area contributed by atoms with Crippen LogP contribution in [0, 0.1) is 37.5 Å². The van der Waals surface area contributed by atoms with Gasteiger partial charge in [0.05, 0.1) is 0 Å². The Morgan fingerprint density at radius 2 is 1.53 bits per heavy atom. The van der Waals surface area contributed by atoms with E-state index >= 15 is 0 Å². The number of benzene rings is 1. The molecule has 4 aliphatic carbocycles. The maximum Gasteiger partial charge on any atom is 0.0372 e. The predicted molar refractivity (Wildman–Crippen MR) is 80.4 cm³/mol. The molecule has 4 fully saturated rings. The van der Waals surface area contributed by atoms with Crippen molar-refractivity contribution >= 4 is 5.69 Å². The Hall–Kier alpha value is -0.980. The van der Waals surface area contributed by atoms with Gasteiger partial charge in [-0.2, -0.15) is 0 Å². The average molecular weight is 255 g/mol. The molecule has 0 unspecified atom stereocenters. The van der Waals surface area contributed by atoms with Crippen molar-refractivity contribution in [1.29, 1.82) is 0 Å². The van der Waals surface area contributed by atoms with Crippen LogP contribution in [0.5, 0.6) is 0 Å². The van der Waals surface area contributed by atoms with Gasteiger partial charge >= 0.3 is 0 Å². The highest BCUT2D eigenvalue weighted by atomic mass is 15.0. The van der Waals surface area contributed by atoms with E-state index in [1.807, 2.05) is 0 Å². The highest BCUT2D eigenvalue weighted by Gasteiger charge is 2.48. The Morgan fingerprint density at radius 3 is 2.11 bits per heavy atom. The van der Waals surface area contributed by atoms with Crippen LogP contribution < -0.4 is 5.32 Å². The molecule has 1 aromatic rings. The van der Waals surface area contributed by atoms with Crippen LogP contribution in [0.2, 0.25) is 0 Å². The molecule has 0 amide bonds. The lowest BCUT2D eigenvalue weighted by Gasteiger charge is -2.54. The van der Waals surface area contributed by atoms with Crippen LogP contribution in [-0.4, -0.2) is 6.04 Å². The zero-order valence-electron chi connectivity index (χ0n) is 12.2. The van der Waals surface area contributed by atoms with Crippen molar-refractivity contribution in [2.24, 2.45) is 23.7 Å². The van der Waals surface area contributed by atoms with Crippen molar-refractivity contribution in [3.8, 4) is 0 Å². The van der Waals surface area contributed by atoms with E-state index in [1.54, 1.807) is 6.42 Å². The van der Waals surface area contributed by atoms with Gasteiger partial charge in [0, 0.05) is 11.7 Å². The van der Waals surface area contributed by atoms with Gasteiger partial charge < -0.3 is 5.32 Å². The summed E-state index contributed by atoms with van der Waals surface area (Å²) in [6, 6.07) is 7.59. The van der Waals surface area contributed by atoms with Crippen LogP contribution in [-0.2, 0) is 0 Å². The largest absolute Gasteiger partial charge is 0.382 e. The van der Waals surface area contributed by atoms with Crippen LogP contribution in [0.15, 0.2) is 18.2 Å². The minimum Gasteiger partial charge on any atom is -0.382 e. The Kier molecular flexibility index (Phi) is 2.65. The number of nitrogens with one attached hydrogen (secondary N) is 1. The van der Waals surface area contributed by atoms with Gasteiger partial charge in [-0.05, 0) is 81.3 Å². The van der Waals surface area contributed by atoms with Crippen molar-refractivity contribution in [2.45, 2.75) is 52.0 Å². The monoisotopic (exact) mass is 255 g/mol. The van der Waals surface area contributed by atoms with Crippen LogP contribution in [0.25, 0.3) is 0 Å². The van der Waals surface area contributed by atoms with Crippen molar-refractivity contribution in [3.05, 3.63) is 29.3 Å². The van der Waals surface area contributed by atoms with Crippen LogP contribution in [0.3, 0.4) is 0 Å². The first-order valence-electron chi connectivity index (χ1n) is 8.03. The molecular formula is C18H25N. The first kappa shape index (κ1) is 11.8. The molecule has 4 saturated carbocycles. The molecule has 0 aromatic heterocycles. The lowest BCUT2D eigenvalue weighted by Crippen LogP contribution is -2.51. The summed E-state index contributed by atoms with van der Waals surface area (Å²) in [7, 11) is 0. The molecule has 1 aromatic carbocycles. The van der Waals surface area contributed by atoms with Crippen molar-refractivity contribution < 1.29 is 0 Å². The summed E-state index contributed by atoms with van der Waals surface area (Å²) in [5.74, 6) is 4.05. The Bertz CT molecular complexity index is 462. The summed E-state index contributed by atoms with van der Waals surface area (Å²) >= 11 is 0. The van der Waals surface area contributed by atoms with Crippen LogP contribution in [0.4, 0.5) is 5.69 Å². The second-order valence-electron chi connectivity index (χ2n) is 7.42. The molecule has 0 atom stereocenters. The number of aryl methyl sites for hydroxylation is 2. The fraction of sp³-hybridized carbons (Fsp3) is 0.667. The van der Waals surface area contributed by atoms with Gasteiger partial charge in [0.15, 0.2) is 0 Å². The minimum absolute atomic E-state index is 0.759. The zero-order valence-corrected chi connectivity index (χ0v) is 12.2. The van der Waals surface area contributed by atoms with E-state index in [1.165, 1.54) is 42.5 Å². The molecule has 102 valence electrons. The fourth-order valence-electron chi connectivity index (χ4n) is 5.32. The molecule has 5 rings (SSSR count). The zero-order chi connectivity index (χ0) is 13.0. The molecular weight excluding hydrogens is 230 g/mol. The predicted octanol–water partition coefficient (Wildman–Crippen LogP) is 4.54. The van der Waals surface area contributed by atoms with Crippen molar-refractivity contribution in [3.63, 3.8) is 0 Å². The third-order valence-electron chi connectivity index (χ3n) is 5.93. The fourth-order valence-corrected chi connectivity index (χ4v) is 5.32. The van der Waals surface area contributed by atoms with E-state index in [0.717, 1.165) is 29.7 Å². The summed E-state index contributed by atoms with van der Waals surface area (Å²) in [4.78, 5) is 0.